The van der Waals surface area contributed by atoms with E-state index in [0.29, 0.717) is 31.1 Å². The molecule has 0 unspecified atom stereocenters. The molecule has 1 aliphatic rings. The van der Waals surface area contributed by atoms with Crippen molar-refractivity contribution in [1.82, 2.24) is 4.90 Å². The Balaban J connectivity index is 1.80. The Morgan fingerprint density at radius 3 is 2.68 bits per heavy atom. The molecule has 0 spiro atoms. The van der Waals surface area contributed by atoms with E-state index in [0.717, 1.165) is 31.5 Å². The third-order valence-electron chi connectivity index (χ3n) is 4.03. The lowest BCUT2D eigenvalue weighted by atomic mass is 9.98. The summed E-state index contributed by atoms with van der Waals surface area (Å²) in [6.45, 7) is 4.65. The number of benzene rings is 1. The molecule has 22 heavy (non-hydrogen) atoms. The zero-order valence-electron chi connectivity index (χ0n) is 13.0. The maximum Gasteiger partial charge on any atom is 0.335 e. The van der Waals surface area contributed by atoms with E-state index in [1.807, 2.05) is 24.0 Å². The van der Waals surface area contributed by atoms with Crippen LogP contribution in [0.25, 0.3) is 0 Å². The van der Waals surface area contributed by atoms with Crippen molar-refractivity contribution in [1.29, 1.82) is 0 Å². The van der Waals surface area contributed by atoms with Crippen molar-refractivity contribution in [2.75, 3.05) is 26.3 Å². The van der Waals surface area contributed by atoms with E-state index in [-0.39, 0.29) is 5.91 Å². The third-order valence-corrected chi connectivity index (χ3v) is 4.03. The molecule has 0 radical (unpaired) electrons. The maximum absolute atomic E-state index is 12.0. The number of carbonyl (C=O) groups excluding carboxylic acids is 1. The van der Waals surface area contributed by atoms with Crippen molar-refractivity contribution in [3.05, 3.63) is 35.4 Å². The van der Waals surface area contributed by atoms with Crippen LogP contribution in [0.15, 0.2) is 24.3 Å². The van der Waals surface area contributed by atoms with E-state index in [1.165, 1.54) is 0 Å². The average molecular weight is 305 g/mol. The first-order valence-corrected chi connectivity index (χ1v) is 7.78. The number of carboxylic acids is 1. The van der Waals surface area contributed by atoms with E-state index in [9.17, 15) is 9.59 Å². The predicted octanol–water partition coefficient (Wildman–Crippen LogP) is 2.20. The van der Waals surface area contributed by atoms with Gasteiger partial charge < -0.3 is 14.7 Å². The van der Waals surface area contributed by atoms with E-state index >= 15 is 0 Å². The van der Waals surface area contributed by atoms with E-state index in [2.05, 4.69) is 0 Å². The summed E-state index contributed by atoms with van der Waals surface area (Å²) in [7, 11) is 0. The smallest absolute Gasteiger partial charge is 0.335 e. The van der Waals surface area contributed by atoms with Crippen LogP contribution in [0.2, 0.25) is 0 Å². The van der Waals surface area contributed by atoms with Crippen molar-refractivity contribution in [3.63, 3.8) is 0 Å². The molecular weight excluding hydrogens is 282 g/mol. The lowest BCUT2D eigenvalue weighted by Gasteiger charge is -2.16. The molecule has 1 amide bonds. The molecule has 1 aromatic rings. The molecule has 0 bridgehead atoms. The lowest BCUT2D eigenvalue weighted by Crippen LogP contribution is -2.29. The molecule has 0 saturated carbocycles. The molecule has 1 N–H and O–H groups in total. The van der Waals surface area contributed by atoms with Crippen LogP contribution < -0.4 is 0 Å². The van der Waals surface area contributed by atoms with Crippen molar-refractivity contribution < 1.29 is 19.4 Å². The molecule has 1 aliphatic heterocycles. The highest BCUT2D eigenvalue weighted by atomic mass is 16.5. The van der Waals surface area contributed by atoms with Gasteiger partial charge in [0.25, 0.3) is 0 Å². The quantitative estimate of drug-likeness (QED) is 0.784. The molecule has 2 rings (SSSR count). The lowest BCUT2D eigenvalue weighted by molar-refractivity contribution is -0.131. The van der Waals surface area contributed by atoms with E-state index in [1.54, 1.807) is 12.1 Å². The van der Waals surface area contributed by atoms with Gasteiger partial charge in [-0.05, 0) is 43.4 Å². The van der Waals surface area contributed by atoms with Crippen LogP contribution in [0, 0.1) is 5.92 Å². The summed E-state index contributed by atoms with van der Waals surface area (Å²) in [4.78, 5) is 24.8. The summed E-state index contributed by atoms with van der Waals surface area (Å²) < 4.78 is 5.22. The first-order chi connectivity index (χ1) is 10.6. The summed E-state index contributed by atoms with van der Waals surface area (Å²) in [6.07, 6.45) is 2.34. The van der Waals surface area contributed by atoms with Gasteiger partial charge in [-0.15, -0.1) is 0 Å². The van der Waals surface area contributed by atoms with Gasteiger partial charge in [-0.3, -0.25) is 4.79 Å². The number of aromatic carboxylic acids is 1. The molecule has 0 aromatic heterocycles. The molecule has 1 heterocycles. The maximum atomic E-state index is 12.0. The fourth-order valence-corrected chi connectivity index (χ4v) is 2.80. The zero-order chi connectivity index (χ0) is 15.9. The molecule has 1 aromatic carbocycles. The first kappa shape index (κ1) is 16.5. The number of carbonyl (C=O) groups is 2. The summed E-state index contributed by atoms with van der Waals surface area (Å²) in [5, 5.41) is 8.89. The zero-order valence-corrected chi connectivity index (χ0v) is 13.0. The minimum Gasteiger partial charge on any atom is -0.478 e. The van der Waals surface area contributed by atoms with Gasteiger partial charge in [0, 0.05) is 19.7 Å². The highest BCUT2D eigenvalue weighted by molar-refractivity contribution is 5.87. The second kappa shape index (κ2) is 7.94. The number of amides is 1. The minimum atomic E-state index is -0.904. The Bertz CT molecular complexity index is 512. The Labute approximate surface area is 130 Å². The van der Waals surface area contributed by atoms with E-state index in [4.69, 9.17) is 9.84 Å². The molecule has 1 atom stereocenters. The van der Waals surface area contributed by atoms with Gasteiger partial charge in [0.1, 0.15) is 0 Å². The largest absolute Gasteiger partial charge is 0.478 e. The molecule has 1 saturated heterocycles. The number of ether oxygens (including phenoxy) is 1. The van der Waals surface area contributed by atoms with E-state index < -0.39 is 5.97 Å². The fourth-order valence-electron chi connectivity index (χ4n) is 2.80. The fraction of sp³-hybridized carbons (Fsp3) is 0.529. The van der Waals surface area contributed by atoms with Gasteiger partial charge in [0.15, 0.2) is 0 Å². The molecule has 120 valence electrons. The van der Waals surface area contributed by atoms with Crippen LogP contribution in [0.1, 0.15) is 35.7 Å². The summed E-state index contributed by atoms with van der Waals surface area (Å²) >= 11 is 0. The monoisotopic (exact) mass is 305 g/mol. The van der Waals surface area contributed by atoms with Gasteiger partial charge in [-0.2, -0.15) is 0 Å². The number of nitrogens with zero attached hydrogens (tertiary/aromatic N) is 1. The SMILES string of the molecule is CCOCCC(=O)N1CC[C@H](Cc2ccc(C(=O)O)cc2)C1. The number of hydrogen-bond acceptors (Lipinski definition) is 3. The van der Waals surface area contributed by atoms with Crippen LogP contribution in [-0.4, -0.2) is 48.2 Å². The second-order valence-corrected chi connectivity index (χ2v) is 5.65. The van der Waals surface area contributed by atoms with Crippen molar-refractivity contribution in [3.8, 4) is 0 Å². The Kier molecular flexibility index (Phi) is 5.95. The van der Waals surface area contributed by atoms with Crippen molar-refractivity contribution in [2.45, 2.75) is 26.2 Å². The highest BCUT2D eigenvalue weighted by Gasteiger charge is 2.25. The van der Waals surface area contributed by atoms with Crippen LogP contribution in [0.3, 0.4) is 0 Å². The molecular formula is C17H23NO4. The molecule has 1 fully saturated rings. The highest BCUT2D eigenvalue weighted by Crippen LogP contribution is 2.21. The Hall–Kier alpha value is -1.88. The first-order valence-electron chi connectivity index (χ1n) is 7.78. The standard InChI is InChI=1S/C17H23NO4/c1-2-22-10-8-16(19)18-9-7-14(12-18)11-13-3-5-15(6-4-13)17(20)21/h3-6,14H,2,7-12H2,1H3,(H,20,21)/t14-/m1/s1. The van der Waals surface area contributed by atoms with Crippen LogP contribution in [0.4, 0.5) is 0 Å². The Morgan fingerprint density at radius 2 is 2.05 bits per heavy atom. The van der Waals surface area contributed by atoms with Gasteiger partial charge in [0.2, 0.25) is 5.91 Å². The number of carboxylic acid groups (broad SMARTS) is 1. The molecule has 5 nitrogen and oxygen atoms in total. The average Bonchev–Trinajstić information content (AvgIpc) is 2.96. The summed E-state index contributed by atoms with van der Waals surface area (Å²) in [5.74, 6) is -0.289. The summed E-state index contributed by atoms with van der Waals surface area (Å²) in [6, 6.07) is 7.00. The van der Waals surface area contributed by atoms with Gasteiger partial charge in [-0.25, -0.2) is 4.79 Å². The third kappa shape index (κ3) is 4.56. The van der Waals surface area contributed by atoms with Crippen molar-refractivity contribution in [2.24, 2.45) is 5.92 Å². The van der Waals surface area contributed by atoms with Gasteiger partial charge in [0.05, 0.1) is 18.6 Å². The van der Waals surface area contributed by atoms with Gasteiger partial charge in [-0.1, -0.05) is 12.1 Å². The molecule has 0 aliphatic carbocycles. The number of likely N-dealkylation sites (tertiary alicyclic amines) is 1. The Morgan fingerprint density at radius 1 is 1.32 bits per heavy atom. The topological polar surface area (TPSA) is 66.8 Å². The minimum absolute atomic E-state index is 0.164. The second-order valence-electron chi connectivity index (χ2n) is 5.65. The van der Waals surface area contributed by atoms with Crippen LogP contribution in [0.5, 0.6) is 0 Å². The number of rotatable bonds is 7. The van der Waals surface area contributed by atoms with Crippen LogP contribution >= 0.6 is 0 Å². The molecule has 5 heteroatoms. The van der Waals surface area contributed by atoms with Gasteiger partial charge >= 0.3 is 5.97 Å². The summed E-state index contributed by atoms with van der Waals surface area (Å²) in [5.41, 5.74) is 1.43. The van der Waals surface area contributed by atoms with Crippen molar-refractivity contribution >= 4 is 11.9 Å². The number of hydrogen-bond donors (Lipinski definition) is 1. The predicted molar refractivity (Wildman–Crippen MR) is 82.9 cm³/mol. The normalized spacial score (nSPS) is 17.7. The van der Waals surface area contributed by atoms with Crippen LogP contribution in [-0.2, 0) is 16.0 Å².